The number of amides is 1. The van der Waals surface area contributed by atoms with Crippen molar-refractivity contribution in [2.45, 2.75) is 18.7 Å². The van der Waals surface area contributed by atoms with Crippen molar-refractivity contribution in [2.75, 3.05) is 10.0 Å². The van der Waals surface area contributed by atoms with E-state index in [0.29, 0.717) is 17.1 Å². The SMILES string of the molecule is Cc1cc(C)nc(NS(=O)(=O)c2ccc(NC(=O)C=Cc3ccc(Br)cc3)cc2)n1. The third-order valence-corrected chi connectivity index (χ3v) is 5.81. The highest BCUT2D eigenvalue weighted by atomic mass is 79.9. The van der Waals surface area contributed by atoms with Gasteiger partial charge in [0.05, 0.1) is 4.90 Å². The zero-order valence-corrected chi connectivity index (χ0v) is 18.7. The second-order valence-electron chi connectivity index (χ2n) is 6.48. The monoisotopic (exact) mass is 486 g/mol. The van der Waals surface area contributed by atoms with Crippen molar-refractivity contribution in [3.63, 3.8) is 0 Å². The average molecular weight is 487 g/mol. The highest BCUT2D eigenvalue weighted by molar-refractivity contribution is 9.10. The lowest BCUT2D eigenvalue weighted by Gasteiger charge is -2.09. The van der Waals surface area contributed by atoms with Crippen LogP contribution in [0.2, 0.25) is 0 Å². The molecule has 0 unspecified atom stereocenters. The van der Waals surface area contributed by atoms with Gasteiger partial charge in [-0.3, -0.25) is 4.79 Å². The molecule has 0 fully saturated rings. The Balaban J connectivity index is 1.66. The van der Waals surface area contributed by atoms with Gasteiger partial charge >= 0.3 is 0 Å². The summed E-state index contributed by atoms with van der Waals surface area (Å²) >= 11 is 3.36. The molecule has 3 aromatic rings. The summed E-state index contributed by atoms with van der Waals surface area (Å²) < 4.78 is 28.4. The zero-order chi connectivity index (χ0) is 21.7. The van der Waals surface area contributed by atoms with E-state index in [9.17, 15) is 13.2 Å². The molecule has 9 heteroatoms. The van der Waals surface area contributed by atoms with Gasteiger partial charge in [-0.2, -0.15) is 0 Å². The third kappa shape index (κ3) is 5.98. The maximum Gasteiger partial charge on any atom is 0.264 e. The molecule has 0 bridgehead atoms. The molecule has 0 saturated heterocycles. The summed E-state index contributed by atoms with van der Waals surface area (Å²) in [4.78, 5) is 20.3. The van der Waals surface area contributed by atoms with Crippen LogP contribution < -0.4 is 10.0 Å². The van der Waals surface area contributed by atoms with Gasteiger partial charge in [-0.15, -0.1) is 0 Å². The summed E-state index contributed by atoms with van der Waals surface area (Å²) in [6.07, 6.45) is 3.10. The Morgan fingerprint density at radius 3 is 2.17 bits per heavy atom. The quantitative estimate of drug-likeness (QED) is 0.505. The van der Waals surface area contributed by atoms with E-state index < -0.39 is 10.0 Å². The Labute approximate surface area is 183 Å². The molecular weight excluding hydrogens is 468 g/mol. The van der Waals surface area contributed by atoms with Gasteiger partial charge in [0.2, 0.25) is 11.9 Å². The van der Waals surface area contributed by atoms with E-state index in [-0.39, 0.29) is 16.8 Å². The van der Waals surface area contributed by atoms with Crippen LogP contribution >= 0.6 is 15.9 Å². The molecule has 0 atom stereocenters. The normalized spacial score (nSPS) is 11.4. The Morgan fingerprint density at radius 1 is 0.967 bits per heavy atom. The Hall–Kier alpha value is -3.04. The van der Waals surface area contributed by atoms with Crippen LogP contribution in [0.15, 0.2) is 70.0 Å². The van der Waals surface area contributed by atoms with Crippen molar-refractivity contribution in [1.29, 1.82) is 0 Å². The topological polar surface area (TPSA) is 101 Å². The third-order valence-electron chi connectivity index (χ3n) is 3.94. The molecule has 0 spiro atoms. The molecule has 30 heavy (non-hydrogen) atoms. The molecule has 154 valence electrons. The van der Waals surface area contributed by atoms with Gasteiger partial charge in [0.25, 0.3) is 10.0 Å². The number of carbonyl (C=O) groups is 1. The van der Waals surface area contributed by atoms with Gasteiger partial charge in [0.1, 0.15) is 0 Å². The minimum atomic E-state index is -3.85. The van der Waals surface area contributed by atoms with Crippen LogP contribution in [-0.2, 0) is 14.8 Å². The Kier molecular flexibility index (Phi) is 6.63. The number of halogens is 1. The van der Waals surface area contributed by atoms with Crippen molar-refractivity contribution >= 4 is 49.6 Å². The Bertz CT molecular complexity index is 1170. The molecule has 0 radical (unpaired) electrons. The molecule has 2 N–H and O–H groups in total. The number of aryl methyl sites for hydroxylation is 2. The highest BCUT2D eigenvalue weighted by Crippen LogP contribution is 2.17. The van der Waals surface area contributed by atoms with Gasteiger partial charge in [-0.25, -0.2) is 23.1 Å². The van der Waals surface area contributed by atoms with Crippen molar-refractivity contribution in [3.05, 3.63) is 82.1 Å². The predicted molar refractivity (Wildman–Crippen MR) is 121 cm³/mol. The number of carbonyl (C=O) groups excluding carboxylic acids is 1. The maximum atomic E-state index is 12.5. The molecule has 0 aliphatic carbocycles. The van der Waals surface area contributed by atoms with Gasteiger partial charge in [0, 0.05) is 27.6 Å². The number of nitrogens with zero attached hydrogens (tertiary/aromatic N) is 2. The fraction of sp³-hybridized carbons (Fsp3) is 0.0952. The first kappa shape index (κ1) is 21.7. The molecule has 1 aromatic heterocycles. The van der Waals surface area contributed by atoms with Crippen LogP contribution in [0.5, 0.6) is 0 Å². The molecule has 1 heterocycles. The minimum Gasteiger partial charge on any atom is -0.323 e. The number of nitrogens with one attached hydrogen (secondary N) is 2. The van der Waals surface area contributed by atoms with Crippen molar-refractivity contribution < 1.29 is 13.2 Å². The average Bonchev–Trinajstić information content (AvgIpc) is 2.67. The van der Waals surface area contributed by atoms with E-state index in [1.165, 1.54) is 30.3 Å². The van der Waals surface area contributed by atoms with Gasteiger partial charge in [0.15, 0.2) is 0 Å². The number of rotatable bonds is 6. The van der Waals surface area contributed by atoms with E-state index >= 15 is 0 Å². The fourth-order valence-corrected chi connectivity index (χ4v) is 3.81. The van der Waals surface area contributed by atoms with Crippen molar-refractivity contribution in [3.8, 4) is 0 Å². The molecule has 0 saturated carbocycles. The second kappa shape index (κ2) is 9.19. The van der Waals surface area contributed by atoms with Crippen LogP contribution in [-0.4, -0.2) is 24.3 Å². The van der Waals surface area contributed by atoms with E-state index in [2.05, 4.69) is 35.9 Å². The lowest BCUT2D eigenvalue weighted by atomic mass is 10.2. The lowest BCUT2D eigenvalue weighted by Crippen LogP contribution is -2.16. The highest BCUT2D eigenvalue weighted by Gasteiger charge is 2.16. The minimum absolute atomic E-state index is 0.0166. The summed E-state index contributed by atoms with van der Waals surface area (Å²) in [6, 6.07) is 15.1. The standard InChI is InChI=1S/C21H19BrN4O3S/c1-14-13-15(2)24-21(23-14)26-30(28,29)19-10-8-18(9-11-19)25-20(27)12-5-16-3-6-17(22)7-4-16/h3-13H,1-2H3,(H,25,27)(H,23,24,26). The van der Waals surface area contributed by atoms with Crippen LogP contribution in [0.4, 0.5) is 11.6 Å². The largest absolute Gasteiger partial charge is 0.323 e. The Morgan fingerprint density at radius 2 is 1.57 bits per heavy atom. The molecular formula is C21H19BrN4O3S. The summed E-state index contributed by atoms with van der Waals surface area (Å²) in [5.41, 5.74) is 2.68. The molecule has 0 aliphatic heterocycles. The van der Waals surface area contributed by atoms with Gasteiger partial charge in [-0.1, -0.05) is 28.1 Å². The first-order chi connectivity index (χ1) is 14.2. The predicted octanol–water partition coefficient (Wildman–Crippen LogP) is 4.31. The van der Waals surface area contributed by atoms with Crippen LogP contribution in [0.1, 0.15) is 17.0 Å². The number of sulfonamides is 1. The van der Waals surface area contributed by atoms with Gasteiger partial charge < -0.3 is 5.32 Å². The summed E-state index contributed by atoms with van der Waals surface area (Å²) in [6.45, 7) is 3.52. The zero-order valence-electron chi connectivity index (χ0n) is 16.3. The van der Waals surface area contributed by atoms with E-state index in [1.54, 1.807) is 26.0 Å². The fourth-order valence-electron chi connectivity index (χ4n) is 2.60. The number of hydrogen-bond acceptors (Lipinski definition) is 5. The van der Waals surface area contributed by atoms with Crippen LogP contribution in [0.25, 0.3) is 6.08 Å². The smallest absolute Gasteiger partial charge is 0.264 e. The molecule has 0 aliphatic rings. The molecule has 2 aromatic carbocycles. The summed E-state index contributed by atoms with van der Waals surface area (Å²) in [7, 11) is -3.85. The van der Waals surface area contributed by atoms with Gasteiger partial charge in [-0.05, 0) is 68.0 Å². The van der Waals surface area contributed by atoms with Crippen LogP contribution in [0.3, 0.4) is 0 Å². The second-order valence-corrected chi connectivity index (χ2v) is 9.08. The van der Waals surface area contributed by atoms with Crippen LogP contribution in [0, 0.1) is 13.8 Å². The van der Waals surface area contributed by atoms with E-state index in [0.717, 1.165) is 10.0 Å². The van der Waals surface area contributed by atoms with E-state index in [4.69, 9.17) is 0 Å². The molecule has 3 rings (SSSR count). The molecule has 7 nitrogen and oxygen atoms in total. The molecule has 1 amide bonds. The summed E-state index contributed by atoms with van der Waals surface area (Å²) in [5, 5.41) is 2.69. The maximum absolute atomic E-state index is 12.5. The van der Waals surface area contributed by atoms with E-state index in [1.807, 2.05) is 24.3 Å². The lowest BCUT2D eigenvalue weighted by molar-refractivity contribution is -0.111. The first-order valence-corrected chi connectivity index (χ1v) is 11.2. The van der Waals surface area contributed by atoms with Crippen molar-refractivity contribution in [1.82, 2.24) is 9.97 Å². The number of anilines is 2. The first-order valence-electron chi connectivity index (χ1n) is 8.91. The summed E-state index contributed by atoms with van der Waals surface area (Å²) in [5.74, 6) is -0.307. The van der Waals surface area contributed by atoms with Crippen molar-refractivity contribution in [2.24, 2.45) is 0 Å². The number of aromatic nitrogens is 2. The number of hydrogen-bond donors (Lipinski definition) is 2. The number of benzene rings is 2.